The van der Waals surface area contributed by atoms with Gasteiger partial charge in [0.2, 0.25) is 0 Å². The van der Waals surface area contributed by atoms with Crippen molar-refractivity contribution >= 4 is 34.7 Å². The van der Waals surface area contributed by atoms with Crippen LogP contribution in [0.3, 0.4) is 0 Å². The molecule has 0 aromatic heterocycles. The van der Waals surface area contributed by atoms with E-state index in [1.54, 1.807) is 11.8 Å². The van der Waals surface area contributed by atoms with Gasteiger partial charge in [0.25, 0.3) is 0 Å². The molecule has 0 spiro atoms. The summed E-state index contributed by atoms with van der Waals surface area (Å²) in [6, 6.07) is 12.1. The summed E-state index contributed by atoms with van der Waals surface area (Å²) in [5.41, 5.74) is 4.25. The third-order valence-electron chi connectivity index (χ3n) is 4.47. The van der Waals surface area contributed by atoms with Crippen LogP contribution in [0.4, 0.5) is 0 Å². The van der Waals surface area contributed by atoms with Crippen LogP contribution in [0, 0.1) is 5.92 Å². The molecule has 0 aliphatic carbocycles. The zero-order chi connectivity index (χ0) is 18.8. The molecule has 1 aliphatic heterocycles. The summed E-state index contributed by atoms with van der Waals surface area (Å²) in [5.74, 6) is 0.559. The predicted octanol–water partition coefficient (Wildman–Crippen LogP) is 6.03. The molecule has 0 amide bonds. The van der Waals surface area contributed by atoms with Crippen LogP contribution in [-0.2, 0) is 0 Å². The van der Waals surface area contributed by atoms with Crippen LogP contribution >= 0.6 is 23.4 Å². The van der Waals surface area contributed by atoms with E-state index in [2.05, 4.69) is 44.1 Å². The van der Waals surface area contributed by atoms with E-state index in [-0.39, 0.29) is 5.78 Å². The number of rotatable bonds is 5. The van der Waals surface area contributed by atoms with Crippen LogP contribution in [-0.4, -0.2) is 31.3 Å². The van der Waals surface area contributed by atoms with Crippen molar-refractivity contribution in [3.05, 3.63) is 64.2 Å². The summed E-state index contributed by atoms with van der Waals surface area (Å²) in [6.45, 7) is 5.09. The molecule has 1 unspecified atom stereocenters. The molecule has 0 N–H and O–H groups in total. The van der Waals surface area contributed by atoms with Gasteiger partial charge in [0, 0.05) is 33.3 Å². The molecule has 0 bridgehead atoms. The summed E-state index contributed by atoms with van der Waals surface area (Å²) in [5, 5.41) is 0.736. The zero-order valence-electron chi connectivity index (χ0n) is 15.7. The first-order valence-corrected chi connectivity index (χ1v) is 10.1. The van der Waals surface area contributed by atoms with E-state index in [1.165, 1.54) is 15.4 Å². The highest BCUT2D eigenvalue weighted by Crippen LogP contribution is 2.46. The van der Waals surface area contributed by atoms with Crippen molar-refractivity contribution in [3.8, 4) is 0 Å². The van der Waals surface area contributed by atoms with Gasteiger partial charge in [-0.3, -0.25) is 4.79 Å². The lowest BCUT2D eigenvalue weighted by atomic mass is 9.91. The fourth-order valence-electron chi connectivity index (χ4n) is 3.37. The van der Waals surface area contributed by atoms with Crippen molar-refractivity contribution in [1.82, 2.24) is 4.90 Å². The summed E-state index contributed by atoms with van der Waals surface area (Å²) in [6.07, 6.45) is 2.83. The van der Waals surface area contributed by atoms with Crippen LogP contribution < -0.4 is 0 Å². The molecular formula is C22H24ClNOS. The molecule has 26 heavy (non-hydrogen) atoms. The van der Waals surface area contributed by atoms with Gasteiger partial charge in [0.15, 0.2) is 5.78 Å². The minimum Gasteiger partial charge on any atom is -0.309 e. The SMILES string of the molecule is CCC(=O)c1ccc2c(c1)/C(=C\C(C)CN(C)C)c1cc(Cl)ccc1S2. The highest BCUT2D eigenvalue weighted by atomic mass is 35.5. The van der Waals surface area contributed by atoms with Crippen molar-refractivity contribution in [2.24, 2.45) is 5.92 Å². The Hall–Kier alpha value is -1.55. The second-order valence-corrected chi connectivity index (χ2v) is 8.57. The molecule has 1 heterocycles. The van der Waals surface area contributed by atoms with Gasteiger partial charge in [-0.15, -0.1) is 0 Å². The van der Waals surface area contributed by atoms with E-state index in [9.17, 15) is 4.79 Å². The lowest BCUT2D eigenvalue weighted by Gasteiger charge is -2.24. The van der Waals surface area contributed by atoms with Crippen molar-refractivity contribution in [2.75, 3.05) is 20.6 Å². The Morgan fingerprint density at radius 1 is 1.15 bits per heavy atom. The maximum Gasteiger partial charge on any atom is 0.162 e. The summed E-state index contributed by atoms with van der Waals surface area (Å²) in [4.78, 5) is 16.8. The van der Waals surface area contributed by atoms with Gasteiger partial charge in [-0.2, -0.15) is 0 Å². The van der Waals surface area contributed by atoms with Crippen LogP contribution in [0.5, 0.6) is 0 Å². The Morgan fingerprint density at radius 3 is 2.46 bits per heavy atom. The topological polar surface area (TPSA) is 20.3 Å². The average molecular weight is 386 g/mol. The van der Waals surface area contributed by atoms with Crippen molar-refractivity contribution in [3.63, 3.8) is 0 Å². The maximum absolute atomic E-state index is 12.2. The molecule has 0 saturated carbocycles. The zero-order valence-corrected chi connectivity index (χ0v) is 17.2. The number of Topliss-reactive ketones (excluding diaryl/α,β-unsaturated/α-hetero) is 1. The second kappa shape index (κ2) is 7.99. The monoisotopic (exact) mass is 385 g/mol. The van der Waals surface area contributed by atoms with E-state index in [1.807, 2.05) is 31.2 Å². The fraction of sp³-hybridized carbons (Fsp3) is 0.318. The first-order chi connectivity index (χ1) is 12.4. The van der Waals surface area contributed by atoms with Gasteiger partial charge in [0.05, 0.1) is 0 Å². The number of carbonyl (C=O) groups is 1. The minimum absolute atomic E-state index is 0.176. The van der Waals surface area contributed by atoms with Crippen LogP contribution in [0.25, 0.3) is 5.57 Å². The lowest BCUT2D eigenvalue weighted by Crippen LogP contribution is -2.19. The maximum atomic E-state index is 12.2. The molecule has 4 heteroatoms. The molecule has 0 saturated heterocycles. The molecule has 1 aliphatic rings. The largest absolute Gasteiger partial charge is 0.309 e. The van der Waals surface area contributed by atoms with Gasteiger partial charge in [-0.05, 0) is 67.0 Å². The van der Waals surface area contributed by atoms with Crippen LogP contribution in [0.15, 0.2) is 52.3 Å². The lowest BCUT2D eigenvalue weighted by molar-refractivity contribution is 0.0988. The molecule has 3 rings (SSSR count). The fourth-order valence-corrected chi connectivity index (χ4v) is 4.60. The smallest absolute Gasteiger partial charge is 0.162 e. The van der Waals surface area contributed by atoms with E-state index >= 15 is 0 Å². The number of hydrogen-bond donors (Lipinski definition) is 0. The molecule has 0 radical (unpaired) electrons. The number of hydrogen-bond acceptors (Lipinski definition) is 3. The first-order valence-electron chi connectivity index (χ1n) is 8.91. The summed E-state index contributed by atoms with van der Waals surface area (Å²) >= 11 is 8.04. The number of benzene rings is 2. The molecule has 136 valence electrons. The quantitative estimate of drug-likeness (QED) is 0.500. The predicted molar refractivity (Wildman–Crippen MR) is 111 cm³/mol. The Morgan fingerprint density at radius 2 is 1.81 bits per heavy atom. The molecule has 2 nitrogen and oxygen atoms in total. The third kappa shape index (κ3) is 4.06. The van der Waals surface area contributed by atoms with E-state index in [0.29, 0.717) is 12.3 Å². The number of fused-ring (bicyclic) bond motifs is 2. The van der Waals surface area contributed by atoms with Gasteiger partial charge >= 0.3 is 0 Å². The Kier molecular flexibility index (Phi) is 5.91. The minimum atomic E-state index is 0.176. The van der Waals surface area contributed by atoms with E-state index in [0.717, 1.165) is 28.3 Å². The van der Waals surface area contributed by atoms with Gasteiger partial charge in [0.1, 0.15) is 0 Å². The number of nitrogens with zero attached hydrogens (tertiary/aromatic N) is 1. The number of halogens is 1. The first kappa shape index (κ1) is 19.2. The highest BCUT2D eigenvalue weighted by Gasteiger charge is 2.23. The second-order valence-electron chi connectivity index (χ2n) is 7.05. The Bertz CT molecular complexity index is 872. The standard InChI is InChI=1S/C22H24ClNOS/c1-5-20(25)15-6-8-21-18(11-15)17(10-14(2)13-24(3)4)19-12-16(23)7-9-22(19)26-21/h6-12,14H,5,13H2,1-4H3/b17-10+. The van der Waals surface area contributed by atoms with Crippen LogP contribution in [0.2, 0.25) is 5.02 Å². The van der Waals surface area contributed by atoms with Crippen LogP contribution in [0.1, 0.15) is 41.8 Å². The molecule has 2 aromatic carbocycles. The highest BCUT2D eigenvalue weighted by molar-refractivity contribution is 7.99. The van der Waals surface area contributed by atoms with Gasteiger partial charge in [-0.25, -0.2) is 0 Å². The summed E-state index contributed by atoms with van der Waals surface area (Å²) < 4.78 is 0. The van der Waals surface area contributed by atoms with Crippen molar-refractivity contribution in [1.29, 1.82) is 0 Å². The Labute approximate surface area is 165 Å². The normalized spacial score (nSPS) is 15.7. The molecule has 0 fully saturated rings. The molecular weight excluding hydrogens is 362 g/mol. The van der Waals surface area contributed by atoms with E-state index < -0.39 is 0 Å². The van der Waals surface area contributed by atoms with E-state index in [4.69, 9.17) is 11.6 Å². The number of carbonyl (C=O) groups excluding carboxylic acids is 1. The van der Waals surface area contributed by atoms with Gasteiger partial charge < -0.3 is 4.90 Å². The number of ketones is 1. The summed E-state index contributed by atoms with van der Waals surface area (Å²) in [7, 11) is 4.17. The van der Waals surface area contributed by atoms with Crippen molar-refractivity contribution < 1.29 is 4.79 Å². The third-order valence-corrected chi connectivity index (χ3v) is 5.86. The average Bonchev–Trinajstić information content (AvgIpc) is 2.60. The molecule has 1 atom stereocenters. The van der Waals surface area contributed by atoms with Gasteiger partial charge in [-0.1, -0.05) is 49.4 Å². The Balaban J connectivity index is 2.15. The van der Waals surface area contributed by atoms with Crippen molar-refractivity contribution in [2.45, 2.75) is 30.1 Å². The molecule has 2 aromatic rings.